The third-order valence-electron chi connectivity index (χ3n) is 6.37. The van der Waals surface area contributed by atoms with E-state index >= 15 is 0 Å². The molecule has 7 nitrogen and oxygen atoms in total. The first-order valence-corrected chi connectivity index (χ1v) is 13.2. The lowest BCUT2D eigenvalue weighted by atomic mass is 10.1. The van der Waals surface area contributed by atoms with Crippen molar-refractivity contribution in [3.63, 3.8) is 0 Å². The van der Waals surface area contributed by atoms with Crippen molar-refractivity contribution in [3.05, 3.63) is 88.4 Å². The summed E-state index contributed by atoms with van der Waals surface area (Å²) >= 11 is 6.22. The van der Waals surface area contributed by atoms with E-state index < -0.39 is 0 Å². The number of ether oxygens (including phenoxy) is 4. The molecule has 8 heteroatoms. The molecule has 0 bridgehead atoms. The number of piperazine rings is 1. The number of nitrogens with one attached hydrogen (secondary N) is 1. The Balaban J connectivity index is 1.22. The number of methoxy groups -OCH3 is 1. The number of anilines is 1. The van der Waals surface area contributed by atoms with E-state index in [0.29, 0.717) is 46.1 Å². The number of carbonyl (C=O) groups is 1. The van der Waals surface area contributed by atoms with Gasteiger partial charge in [-0.1, -0.05) is 41.9 Å². The summed E-state index contributed by atoms with van der Waals surface area (Å²) in [5.74, 6) is 1.60. The van der Waals surface area contributed by atoms with Gasteiger partial charge in [-0.05, 0) is 54.4 Å². The zero-order valence-electron chi connectivity index (χ0n) is 22.0. The fourth-order valence-electron chi connectivity index (χ4n) is 4.31. The largest absolute Gasteiger partial charge is 0.496 e. The summed E-state index contributed by atoms with van der Waals surface area (Å²) in [5, 5.41) is 3.91. The van der Waals surface area contributed by atoms with Gasteiger partial charge in [0.05, 0.1) is 52.7 Å². The predicted octanol–water partition coefficient (Wildman–Crippen LogP) is 5.16. The third-order valence-corrected chi connectivity index (χ3v) is 6.78. The van der Waals surface area contributed by atoms with Crippen LogP contribution in [0, 0.1) is 6.92 Å². The van der Waals surface area contributed by atoms with E-state index in [1.807, 2.05) is 78.6 Å². The first-order valence-electron chi connectivity index (χ1n) is 12.8. The molecule has 0 radical (unpaired) electrons. The van der Waals surface area contributed by atoms with Gasteiger partial charge in [0, 0.05) is 29.2 Å². The molecule has 1 aliphatic rings. The standard InChI is InChI=1S/C30H35ClN2O5/c1-22-8-9-23(16-28(22)31)19-37-21-26-17-32-18-30(34)33(26)25-10-12-27(13-11-25)38-15-5-14-36-20-24-6-3-4-7-29(24)35-2/h3-4,6-13,16,26,32H,5,14-15,17-21H2,1-2H3/t26-/m1/s1. The molecule has 0 saturated carbocycles. The minimum atomic E-state index is -0.107. The molecule has 3 aromatic rings. The topological polar surface area (TPSA) is 69.3 Å². The highest BCUT2D eigenvalue weighted by atomic mass is 35.5. The highest BCUT2D eigenvalue weighted by Gasteiger charge is 2.29. The van der Waals surface area contributed by atoms with Crippen molar-refractivity contribution in [2.45, 2.75) is 32.6 Å². The van der Waals surface area contributed by atoms with E-state index in [-0.39, 0.29) is 11.9 Å². The Kier molecular flexibility index (Phi) is 10.4. The van der Waals surface area contributed by atoms with Crippen molar-refractivity contribution in [1.82, 2.24) is 5.32 Å². The highest BCUT2D eigenvalue weighted by Crippen LogP contribution is 2.24. The summed E-state index contributed by atoms with van der Waals surface area (Å²) in [6.07, 6.45) is 0.763. The molecule has 1 amide bonds. The molecular formula is C30H35ClN2O5. The monoisotopic (exact) mass is 538 g/mol. The van der Waals surface area contributed by atoms with E-state index in [1.165, 1.54) is 0 Å². The fraction of sp³-hybridized carbons (Fsp3) is 0.367. The quantitative estimate of drug-likeness (QED) is 0.303. The number of benzene rings is 3. The molecule has 1 atom stereocenters. The molecule has 0 aliphatic carbocycles. The van der Waals surface area contributed by atoms with Crippen LogP contribution in [0.3, 0.4) is 0 Å². The Hall–Kier alpha value is -3.10. The molecule has 1 N–H and O–H groups in total. The number of halogens is 1. The van der Waals surface area contributed by atoms with E-state index in [0.717, 1.165) is 45.3 Å². The molecular weight excluding hydrogens is 504 g/mol. The maximum atomic E-state index is 12.8. The Morgan fingerprint density at radius 2 is 1.82 bits per heavy atom. The lowest BCUT2D eigenvalue weighted by molar-refractivity contribution is -0.119. The number of aryl methyl sites for hydroxylation is 1. The highest BCUT2D eigenvalue weighted by molar-refractivity contribution is 6.31. The zero-order chi connectivity index (χ0) is 26.7. The molecule has 4 rings (SSSR count). The normalized spacial score (nSPS) is 15.5. The maximum Gasteiger partial charge on any atom is 0.241 e. The van der Waals surface area contributed by atoms with E-state index in [1.54, 1.807) is 7.11 Å². The van der Waals surface area contributed by atoms with E-state index in [2.05, 4.69) is 5.32 Å². The minimum absolute atomic E-state index is 0.0177. The van der Waals surface area contributed by atoms with E-state index in [9.17, 15) is 4.79 Å². The van der Waals surface area contributed by atoms with Gasteiger partial charge in [0.2, 0.25) is 5.91 Å². The van der Waals surface area contributed by atoms with Crippen molar-refractivity contribution < 1.29 is 23.7 Å². The maximum absolute atomic E-state index is 12.8. The molecule has 0 spiro atoms. The summed E-state index contributed by atoms with van der Waals surface area (Å²) in [6.45, 7) is 5.41. The van der Waals surface area contributed by atoms with Crippen molar-refractivity contribution in [2.24, 2.45) is 0 Å². The molecule has 3 aromatic carbocycles. The summed E-state index contributed by atoms with van der Waals surface area (Å²) < 4.78 is 23.0. The van der Waals surface area contributed by atoms with Crippen molar-refractivity contribution in [1.29, 1.82) is 0 Å². The van der Waals surface area contributed by atoms with Crippen LogP contribution in [0.4, 0.5) is 5.69 Å². The number of hydrogen-bond acceptors (Lipinski definition) is 6. The Bertz CT molecular complexity index is 1190. The molecule has 1 saturated heterocycles. The number of para-hydroxylation sites is 1. The number of rotatable bonds is 13. The number of amides is 1. The average Bonchev–Trinajstić information content (AvgIpc) is 2.93. The van der Waals surface area contributed by atoms with Gasteiger partial charge < -0.3 is 29.2 Å². The molecule has 202 valence electrons. The first kappa shape index (κ1) is 27.9. The van der Waals surface area contributed by atoms with Crippen molar-refractivity contribution >= 4 is 23.2 Å². The third kappa shape index (κ3) is 7.71. The van der Waals surface area contributed by atoms with Gasteiger partial charge in [-0.2, -0.15) is 0 Å². The van der Waals surface area contributed by atoms with Crippen LogP contribution in [0.15, 0.2) is 66.7 Å². The first-order chi connectivity index (χ1) is 18.5. The lowest BCUT2D eigenvalue weighted by Crippen LogP contribution is -2.57. The van der Waals surface area contributed by atoms with Gasteiger partial charge >= 0.3 is 0 Å². The van der Waals surface area contributed by atoms with Crippen LogP contribution in [-0.2, 0) is 27.5 Å². The summed E-state index contributed by atoms with van der Waals surface area (Å²) in [4.78, 5) is 14.6. The van der Waals surface area contributed by atoms with Gasteiger partial charge in [0.1, 0.15) is 11.5 Å². The Morgan fingerprint density at radius 1 is 1.00 bits per heavy atom. The fourth-order valence-corrected chi connectivity index (χ4v) is 4.51. The number of nitrogens with zero attached hydrogens (tertiary/aromatic N) is 1. The van der Waals surface area contributed by atoms with Gasteiger partial charge in [-0.15, -0.1) is 0 Å². The zero-order valence-corrected chi connectivity index (χ0v) is 22.7. The van der Waals surface area contributed by atoms with Crippen LogP contribution in [0.1, 0.15) is 23.1 Å². The average molecular weight is 539 g/mol. The Labute approximate surface area is 229 Å². The van der Waals surface area contributed by atoms with Crippen LogP contribution in [0.2, 0.25) is 5.02 Å². The van der Waals surface area contributed by atoms with Crippen molar-refractivity contribution in [3.8, 4) is 11.5 Å². The second-order valence-electron chi connectivity index (χ2n) is 9.21. The molecule has 38 heavy (non-hydrogen) atoms. The molecule has 1 heterocycles. The summed E-state index contributed by atoms with van der Waals surface area (Å²) in [7, 11) is 1.66. The van der Waals surface area contributed by atoms with Crippen LogP contribution in [-0.4, -0.2) is 52.0 Å². The predicted molar refractivity (Wildman–Crippen MR) is 149 cm³/mol. The number of carbonyl (C=O) groups excluding carboxylic acids is 1. The second-order valence-corrected chi connectivity index (χ2v) is 9.61. The smallest absolute Gasteiger partial charge is 0.241 e. The molecule has 1 fully saturated rings. The van der Waals surface area contributed by atoms with Crippen LogP contribution in [0.25, 0.3) is 0 Å². The lowest BCUT2D eigenvalue weighted by Gasteiger charge is -2.36. The molecule has 1 aliphatic heterocycles. The van der Waals surface area contributed by atoms with Gasteiger partial charge in [-0.25, -0.2) is 0 Å². The van der Waals surface area contributed by atoms with Gasteiger partial charge in [0.15, 0.2) is 0 Å². The number of hydrogen-bond donors (Lipinski definition) is 1. The molecule has 0 aromatic heterocycles. The van der Waals surface area contributed by atoms with Crippen LogP contribution in [0.5, 0.6) is 11.5 Å². The minimum Gasteiger partial charge on any atom is -0.496 e. The van der Waals surface area contributed by atoms with Gasteiger partial charge in [0.25, 0.3) is 0 Å². The van der Waals surface area contributed by atoms with Crippen LogP contribution >= 0.6 is 11.6 Å². The van der Waals surface area contributed by atoms with Crippen LogP contribution < -0.4 is 19.7 Å². The second kappa shape index (κ2) is 14.2. The van der Waals surface area contributed by atoms with Gasteiger partial charge in [-0.3, -0.25) is 4.79 Å². The Morgan fingerprint density at radius 3 is 2.61 bits per heavy atom. The molecule has 0 unspecified atom stereocenters. The van der Waals surface area contributed by atoms with Crippen molar-refractivity contribution in [2.75, 3.05) is 44.9 Å². The summed E-state index contributed by atoms with van der Waals surface area (Å²) in [6, 6.07) is 21.3. The van der Waals surface area contributed by atoms with E-state index in [4.69, 9.17) is 30.5 Å². The SMILES string of the molecule is COc1ccccc1COCCCOc1ccc(N2C(=O)CNC[C@@H]2COCc2ccc(C)c(Cl)c2)cc1. The summed E-state index contributed by atoms with van der Waals surface area (Å²) in [5.41, 5.74) is 3.90.